The van der Waals surface area contributed by atoms with Crippen molar-refractivity contribution in [2.24, 2.45) is 0 Å². The largest absolute Gasteiger partial charge is 0.364 e. The molecule has 1 fully saturated rings. The summed E-state index contributed by atoms with van der Waals surface area (Å²) in [5, 5.41) is 9.87. The minimum absolute atomic E-state index is 0.149. The van der Waals surface area contributed by atoms with Gasteiger partial charge in [-0.1, -0.05) is 0 Å². The van der Waals surface area contributed by atoms with Crippen molar-refractivity contribution < 1.29 is 0 Å². The Bertz CT molecular complexity index is 415. The molecule has 0 radical (unpaired) electrons. The maximum atomic E-state index is 11.0. The summed E-state index contributed by atoms with van der Waals surface area (Å²) in [7, 11) is 2.13. The lowest BCUT2D eigenvalue weighted by atomic mass is 10.1. The first kappa shape index (κ1) is 11.1. The van der Waals surface area contributed by atoms with E-state index < -0.39 is 0 Å². The van der Waals surface area contributed by atoms with Crippen LogP contribution < -0.4 is 10.9 Å². The molecular weight excluding hydrogens is 204 g/mol. The summed E-state index contributed by atoms with van der Waals surface area (Å²) in [5.41, 5.74) is 0.751. The third kappa shape index (κ3) is 2.61. The number of piperidine rings is 1. The lowest BCUT2D eigenvalue weighted by molar-refractivity contribution is 0.260. The van der Waals surface area contributed by atoms with E-state index in [-0.39, 0.29) is 5.56 Å². The Morgan fingerprint density at radius 1 is 1.62 bits per heavy atom. The molecule has 2 heterocycles. The van der Waals surface area contributed by atoms with Gasteiger partial charge in [0.1, 0.15) is 5.82 Å². The van der Waals surface area contributed by atoms with Gasteiger partial charge in [-0.2, -0.15) is 5.10 Å². The molecule has 0 unspecified atom stereocenters. The average Bonchev–Trinajstić information content (AvgIpc) is 2.22. The molecule has 1 saturated heterocycles. The predicted molar refractivity (Wildman–Crippen MR) is 63.7 cm³/mol. The van der Waals surface area contributed by atoms with E-state index in [9.17, 15) is 4.79 Å². The number of aromatic amines is 1. The van der Waals surface area contributed by atoms with E-state index in [2.05, 4.69) is 27.5 Å². The summed E-state index contributed by atoms with van der Waals surface area (Å²) in [6.07, 6.45) is 2.36. The highest BCUT2D eigenvalue weighted by Gasteiger charge is 2.17. The van der Waals surface area contributed by atoms with Crippen molar-refractivity contribution in [3.8, 4) is 0 Å². The zero-order valence-corrected chi connectivity index (χ0v) is 9.79. The molecule has 1 atom stereocenters. The van der Waals surface area contributed by atoms with Crippen molar-refractivity contribution in [3.05, 3.63) is 22.0 Å². The van der Waals surface area contributed by atoms with Crippen LogP contribution in [0.2, 0.25) is 0 Å². The van der Waals surface area contributed by atoms with E-state index in [0.29, 0.717) is 6.04 Å². The van der Waals surface area contributed by atoms with Crippen LogP contribution in [0.25, 0.3) is 0 Å². The number of nitrogens with zero attached hydrogens (tertiary/aromatic N) is 2. The van der Waals surface area contributed by atoms with Gasteiger partial charge in [0.25, 0.3) is 5.56 Å². The number of hydrogen-bond acceptors (Lipinski definition) is 4. The molecule has 1 aliphatic rings. The highest BCUT2D eigenvalue weighted by Crippen LogP contribution is 2.14. The van der Waals surface area contributed by atoms with Gasteiger partial charge >= 0.3 is 0 Å². The van der Waals surface area contributed by atoms with Crippen LogP contribution >= 0.6 is 0 Å². The van der Waals surface area contributed by atoms with E-state index in [1.54, 1.807) is 6.07 Å². The fourth-order valence-corrected chi connectivity index (χ4v) is 2.12. The third-order valence-electron chi connectivity index (χ3n) is 2.96. The molecule has 0 aliphatic carbocycles. The van der Waals surface area contributed by atoms with Crippen LogP contribution in [0, 0.1) is 6.92 Å². The Labute approximate surface area is 94.9 Å². The van der Waals surface area contributed by atoms with E-state index >= 15 is 0 Å². The number of nitrogens with one attached hydrogen (secondary N) is 2. The molecule has 1 aromatic rings. The summed E-state index contributed by atoms with van der Waals surface area (Å²) >= 11 is 0. The van der Waals surface area contributed by atoms with E-state index in [1.807, 2.05) is 6.92 Å². The molecule has 5 nitrogen and oxygen atoms in total. The molecule has 1 aliphatic heterocycles. The minimum atomic E-state index is -0.149. The molecule has 0 aromatic carbocycles. The maximum Gasteiger partial charge on any atom is 0.264 e. The molecule has 88 valence electrons. The minimum Gasteiger partial charge on any atom is -0.364 e. The number of likely N-dealkylation sites (N-methyl/N-ethyl adjacent to an activating group) is 1. The lowest BCUT2D eigenvalue weighted by Crippen LogP contribution is -2.40. The van der Waals surface area contributed by atoms with Gasteiger partial charge in [-0.15, -0.1) is 0 Å². The first-order valence-corrected chi connectivity index (χ1v) is 5.66. The first-order chi connectivity index (χ1) is 7.65. The number of rotatable bonds is 2. The fraction of sp³-hybridized carbons (Fsp3) is 0.636. The van der Waals surface area contributed by atoms with Gasteiger partial charge in [0.15, 0.2) is 0 Å². The second-order valence-corrected chi connectivity index (χ2v) is 4.51. The molecule has 5 heteroatoms. The molecule has 2 N–H and O–H groups in total. The van der Waals surface area contributed by atoms with Gasteiger partial charge in [-0.3, -0.25) is 4.79 Å². The van der Waals surface area contributed by atoms with Crippen LogP contribution in [0.4, 0.5) is 5.82 Å². The van der Waals surface area contributed by atoms with Gasteiger partial charge in [0.05, 0.1) is 0 Å². The molecule has 16 heavy (non-hydrogen) atoms. The van der Waals surface area contributed by atoms with Crippen molar-refractivity contribution in [2.45, 2.75) is 25.8 Å². The highest BCUT2D eigenvalue weighted by atomic mass is 16.1. The van der Waals surface area contributed by atoms with Crippen LogP contribution in [-0.4, -0.2) is 41.3 Å². The standard InChI is InChI=1S/C11H18N4O/c1-8-6-10(16)13-14-11(8)12-9-4-3-5-15(2)7-9/h6,9H,3-5,7H2,1-2H3,(H,12,14)(H,13,16)/t9-/m1/s1. The molecule has 2 rings (SSSR count). The Morgan fingerprint density at radius 3 is 3.12 bits per heavy atom. The number of likely N-dealkylation sites (tertiary alicyclic amines) is 1. The van der Waals surface area contributed by atoms with Gasteiger partial charge in [-0.25, -0.2) is 5.10 Å². The van der Waals surface area contributed by atoms with Gasteiger partial charge in [0.2, 0.25) is 0 Å². The second-order valence-electron chi connectivity index (χ2n) is 4.51. The molecule has 0 spiro atoms. The Hall–Kier alpha value is -1.36. The van der Waals surface area contributed by atoms with E-state index in [4.69, 9.17) is 0 Å². The topological polar surface area (TPSA) is 61.0 Å². The zero-order chi connectivity index (χ0) is 11.5. The number of anilines is 1. The normalized spacial score (nSPS) is 22.0. The molecule has 0 amide bonds. The Balaban J connectivity index is 2.05. The lowest BCUT2D eigenvalue weighted by Gasteiger charge is -2.30. The average molecular weight is 222 g/mol. The summed E-state index contributed by atoms with van der Waals surface area (Å²) in [5.74, 6) is 0.792. The molecular formula is C11H18N4O. The van der Waals surface area contributed by atoms with Crippen LogP contribution in [0.3, 0.4) is 0 Å². The van der Waals surface area contributed by atoms with Crippen molar-refractivity contribution in [3.63, 3.8) is 0 Å². The number of hydrogen-bond donors (Lipinski definition) is 2. The Kier molecular flexibility index (Phi) is 3.24. The summed E-state index contributed by atoms with van der Waals surface area (Å²) in [6, 6.07) is 2.00. The Morgan fingerprint density at radius 2 is 2.44 bits per heavy atom. The predicted octanol–water partition coefficient (Wildman–Crippen LogP) is 0.584. The van der Waals surface area contributed by atoms with Gasteiger partial charge in [-0.05, 0) is 38.9 Å². The SMILES string of the molecule is Cc1cc(=O)[nH]nc1N[C@@H]1CCCN(C)C1. The summed E-state index contributed by atoms with van der Waals surface area (Å²) in [4.78, 5) is 13.3. The van der Waals surface area contributed by atoms with Crippen molar-refractivity contribution in [2.75, 3.05) is 25.5 Å². The fourth-order valence-electron chi connectivity index (χ4n) is 2.12. The second kappa shape index (κ2) is 4.65. The van der Waals surface area contributed by atoms with E-state index in [1.165, 1.54) is 6.42 Å². The van der Waals surface area contributed by atoms with Crippen molar-refractivity contribution in [1.29, 1.82) is 0 Å². The molecule has 1 aromatic heterocycles. The van der Waals surface area contributed by atoms with Crippen LogP contribution in [-0.2, 0) is 0 Å². The first-order valence-electron chi connectivity index (χ1n) is 5.66. The van der Waals surface area contributed by atoms with Crippen LogP contribution in [0.5, 0.6) is 0 Å². The van der Waals surface area contributed by atoms with E-state index in [0.717, 1.165) is 30.9 Å². The zero-order valence-electron chi connectivity index (χ0n) is 9.79. The highest BCUT2D eigenvalue weighted by molar-refractivity contribution is 5.42. The molecule has 0 saturated carbocycles. The quantitative estimate of drug-likeness (QED) is 0.768. The summed E-state index contributed by atoms with van der Waals surface area (Å²) < 4.78 is 0. The van der Waals surface area contributed by atoms with Gasteiger partial charge < -0.3 is 10.2 Å². The number of aromatic nitrogens is 2. The third-order valence-corrected chi connectivity index (χ3v) is 2.96. The number of H-pyrrole nitrogens is 1. The van der Waals surface area contributed by atoms with Crippen LogP contribution in [0.1, 0.15) is 18.4 Å². The van der Waals surface area contributed by atoms with Crippen LogP contribution in [0.15, 0.2) is 10.9 Å². The van der Waals surface area contributed by atoms with Crippen molar-refractivity contribution in [1.82, 2.24) is 15.1 Å². The van der Waals surface area contributed by atoms with Gasteiger partial charge in [0, 0.05) is 18.7 Å². The summed E-state index contributed by atoms with van der Waals surface area (Å²) in [6.45, 7) is 4.09. The number of aryl methyl sites for hydroxylation is 1. The van der Waals surface area contributed by atoms with Crippen molar-refractivity contribution >= 4 is 5.82 Å². The smallest absolute Gasteiger partial charge is 0.264 e. The monoisotopic (exact) mass is 222 g/mol. The molecule has 0 bridgehead atoms. The maximum absolute atomic E-state index is 11.0.